The maximum Gasteiger partial charge on any atom is 0.164 e. The zero-order chi connectivity index (χ0) is 39.1. The maximum absolute atomic E-state index is 6.51. The fraction of sp³-hybridized carbons (Fsp3) is 0. The molecule has 10 aromatic carbocycles. The van der Waals surface area contributed by atoms with Gasteiger partial charge in [0.1, 0.15) is 11.2 Å². The Morgan fingerprint density at radius 3 is 1.67 bits per heavy atom. The van der Waals surface area contributed by atoms with Crippen molar-refractivity contribution in [3.05, 3.63) is 182 Å². The summed E-state index contributed by atoms with van der Waals surface area (Å²) in [6.07, 6.45) is 0. The van der Waals surface area contributed by atoms with Crippen LogP contribution in [0.2, 0.25) is 0 Å². The van der Waals surface area contributed by atoms with Gasteiger partial charge in [-0.25, -0.2) is 15.0 Å². The van der Waals surface area contributed by atoms with Crippen molar-refractivity contribution >= 4 is 86.8 Å². The molecule has 0 unspecified atom stereocenters. The Morgan fingerprint density at radius 2 is 0.900 bits per heavy atom. The number of hydrogen-bond donors (Lipinski definition) is 0. The zero-order valence-electron chi connectivity index (χ0n) is 32.0. The Balaban J connectivity index is 1.03. The second-order valence-corrected chi connectivity index (χ2v) is 15.9. The molecule has 0 amide bonds. The summed E-state index contributed by atoms with van der Waals surface area (Å²) in [6.45, 7) is 0. The van der Waals surface area contributed by atoms with E-state index in [1.54, 1.807) is 0 Å². The van der Waals surface area contributed by atoms with Gasteiger partial charge < -0.3 is 8.98 Å². The van der Waals surface area contributed by atoms with Gasteiger partial charge in [-0.05, 0) is 85.9 Å². The van der Waals surface area contributed by atoms with E-state index in [0.717, 1.165) is 60.6 Å². The largest absolute Gasteiger partial charge is 0.456 e. The Labute approximate surface area is 342 Å². The molecule has 1 aliphatic rings. The lowest BCUT2D eigenvalue weighted by atomic mass is 9.98. The number of rotatable bonds is 4. The monoisotopic (exact) mass is 762 g/mol. The number of fused-ring (bicyclic) bond motifs is 4. The Kier molecular flexibility index (Phi) is 6.23. The molecule has 1 aliphatic carbocycles. The molecule has 0 saturated carbocycles. The molecule has 0 spiro atoms. The molecule has 0 saturated heterocycles. The van der Waals surface area contributed by atoms with Crippen LogP contribution in [0.3, 0.4) is 0 Å². The van der Waals surface area contributed by atoms with Crippen LogP contribution in [0.4, 0.5) is 0 Å². The Bertz CT molecular complexity index is 3930. The van der Waals surface area contributed by atoms with Crippen molar-refractivity contribution in [2.45, 2.75) is 0 Å². The molecule has 276 valence electrons. The normalized spacial score (nSPS) is 12.3. The highest BCUT2D eigenvalue weighted by atomic mass is 16.3. The molecule has 5 heteroatoms. The van der Waals surface area contributed by atoms with E-state index in [2.05, 4.69) is 187 Å². The fourth-order valence-electron chi connectivity index (χ4n) is 10.1. The third-order valence-electron chi connectivity index (χ3n) is 12.7. The van der Waals surface area contributed by atoms with Crippen LogP contribution in [0.15, 0.2) is 186 Å². The summed E-state index contributed by atoms with van der Waals surface area (Å²) in [6, 6.07) is 64.9. The van der Waals surface area contributed by atoms with Gasteiger partial charge in [0.05, 0.1) is 16.7 Å². The number of nitrogens with zero attached hydrogens (tertiary/aromatic N) is 4. The summed E-state index contributed by atoms with van der Waals surface area (Å²) < 4.78 is 8.96. The summed E-state index contributed by atoms with van der Waals surface area (Å²) >= 11 is 0. The van der Waals surface area contributed by atoms with Crippen LogP contribution in [-0.2, 0) is 0 Å². The second kappa shape index (κ2) is 11.7. The van der Waals surface area contributed by atoms with E-state index in [4.69, 9.17) is 19.4 Å². The van der Waals surface area contributed by atoms with Crippen molar-refractivity contribution in [1.29, 1.82) is 0 Å². The van der Waals surface area contributed by atoms with Crippen LogP contribution in [-0.4, -0.2) is 19.5 Å². The van der Waals surface area contributed by atoms with Gasteiger partial charge in [0, 0.05) is 49.0 Å². The lowest BCUT2D eigenvalue weighted by Gasteiger charge is -2.15. The lowest BCUT2D eigenvalue weighted by molar-refractivity contribution is 0.669. The molecule has 13 aromatic rings. The van der Waals surface area contributed by atoms with Crippen molar-refractivity contribution in [3.63, 3.8) is 0 Å². The first-order valence-corrected chi connectivity index (χ1v) is 20.3. The van der Waals surface area contributed by atoms with Crippen LogP contribution in [0.1, 0.15) is 0 Å². The van der Waals surface area contributed by atoms with Crippen molar-refractivity contribution in [2.24, 2.45) is 0 Å². The highest BCUT2D eigenvalue weighted by Crippen LogP contribution is 2.51. The zero-order valence-corrected chi connectivity index (χ0v) is 32.0. The molecule has 0 fully saturated rings. The van der Waals surface area contributed by atoms with E-state index in [9.17, 15) is 0 Å². The molecular formula is C55H30N4O. The second-order valence-electron chi connectivity index (χ2n) is 15.9. The SMILES string of the molecule is c1ccc2cc(-c3nc(-c4ccc5ccccc5c4)nc(-c4cccc5c(-n6c7cccc8c7c7c9c(ccc%10oc%11cccc-8c%11c%109)ccc76)cccc45)n3)ccc2c1. The van der Waals surface area contributed by atoms with Gasteiger partial charge in [-0.1, -0.05) is 140 Å². The van der Waals surface area contributed by atoms with Crippen LogP contribution in [0, 0.1) is 0 Å². The maximum atomic E-state index is 6.51. The molecule has 0 radical (unpaired) electrons. The van der Waals surface area contributed by atoms with Gasteiger partial charge >= 0.3 is 0 Å². The summed E-state index contributed by atoms with van der Waals surface area (Å²) in [7, 11) is 0. The van der Waals surface area contributed by atoms with Crippen molar-refractivity contribution in [3.8, 4) is 51.0 Å². The van der Waals surface area contributed by atoms with Crippen LogP contribution in [0.5, 0.6) is 0 Å². The first-order valence-electron chi connectivity index (χ1n) is 20.3. The van der Waals surface area contributed by atoms with E-state index in [-0.39, 0.29) is 0 Å². The number of benzene rings is 10. The van der Waals surface area contributed by atoms with Gasteiger partial charge in [0.15, 0.2) is 17.5 Å². The molecule has 60 heavy (non-hydrogen) atoms. The molecule has 0 aliphatic heterocycles. The standard InChI is InChI=1S/C55H30N4O/c1-3-11-34-29-36(23-21-31(34)9-1)53-56-54(37-24-22-32-10-2-4-12-35(32)30-37)58-55(57-53)42-17-5-14-39-38(42)13-6-18-43(39)59-44-19-7-15-40-41-16-8-20-46-50(41)52-47(60-46)28-26-33-25-27-45(59)51(48(33)52)49(40)44/h1-30H. The average Bonchev–Trinajstić information content (AvgIpc) is 3.82. The predicted octanol–water partition coefficient (Wildman–Crippen LogP) is 14.5. The fourth-order valence-corrected chi connectivity index (χ4v) is 10.1. The first kappa shape index (κ1) is 31.9. The minimum Gasteiger partial charge on any atom is -0.456 e. The van der Waals surface area contributed by atoms with Gasteiger partial charge in [0.2, 0.25) is 0 Å². The summed E-state index contributed by atoms with van der Waals surface area (Å²) in [5.41, 5.74) is 10.5. The van der Waals surface area contributed by atoms with E-state index in [1.807, 2.05) is 0 Å². The molecular weight excluding hydrogens is 733 g/mol. The quantitative estimate of drug-likeness (QED) is 0.179. The number of hydrogen-bond acceptors (Lipinski definition) is 4. The molecule has 3 heterocycles. The molecule has 5 nitrogen and oxygen atoms in total. The molecule has 0 N–H and O–H groups in total. The topological polar surface area (TPSA) is 56.7 Å². The van der Waals surface area contributed by atoms with Gasteiger partial charge in [-0.15, -0.1) is 0 Å². The minimum absolute atomic E-state index is 0.631. The van der Waals surface area contributed by atoms with E-state index in [0.29, 0.717) is 17.5 Å². The molecule has 0 atom stereocenters. The smallest absolute Gasteiger partial charge is 0.164 e. The van der Waals surface area contributed by atoms with Gasteiger partial charge in [-0.3, -0.25) is 0 Å². The molecule has 3 aromatic heterocycles. The highest BCUT2D eigenvalue weighted by Gasteiger charge is 2.26. The number of furan rings is 1. The third kappa shape index (κ3) is 4.32. The first-order chi connectivity index (χ1) is 29.7. The average molecular weight is 763 g/mol. The lowest BCUT2D eigenvalue weighted by Crippen LogP contribution is -2.01. The Hall–Kier alpha value is -8.15. The highest BCUT2D eigenvalue weighted by molar-refractivity contribution is 6.38. The van der Waals surface area contributed by atoms with E-state index in [1.165, 1.54) is 59.7 Å². The van der Waals surface area contributed by atoms with E-state index >= 15 is 0 Å². The van der Waals surface area contributed by atoms with E-state index < -0.39 is 0 Å². The summed E-state index contributed by atoms with van der Waals surface area (Å²) in [4.78, 5) is 15.7. The predicted molar refractivity (Wildman–Crippen MR) is 247 cm³/mol. The summed E-state index contributed by atoms with van der Waals surface area (Å²) in [5.74, 6) is 1.91. The van der Waals surface area contributed by atoms with Crippen molar-refractivity contribution in [2.75, 3.05) is 0 Å². The third-order valence-corrected chi connectivity index (χ3v) is 12.7. The van der Waals surface area contributed by atoms with Crippen LogP contribution < -0.4 is 0 Å². The van der Waals surface area contributed by atoms with Crippen LogP contribution >= 0.6 is 0 Å². The molecule has 0 bridgehead atoms. The van der Waals surface area contributed by atoms with Crippen LogP contribution in [0.25, 0.3) is 138 Å². The van der Waals surface area contributed by atoms with Crippen molar-refractivity contribution in [1.82, 2.24) is 19.5 Å². The number of aromatic nitrogens is 4. The van der Waals surface area contributed by atoms with Gasteiger partial charge in [0.25, 0.3) is 0 Å². The van der Waals surface area contributed by atoms with Crippen molar-refractivity contribution < 1.29 is 4.42 Å². The summed E-state index contributed by atoms with van der Waals surface area (Å²) in [5, 5.41) is 14.2. The Morgan fingerprint density at radius 1 is 0.333 bits per heavy atom. The minimum atomic E-state index is 0.631. The molecule has 14 rings (SSSR count). The van der Waals surface area contributed by atoms with Gasteiger partial charge in [-0.2, -0.15) is 0 Å².